The van der Waals surface area contributed by atoms with E-state index in [1.165, 1.54) is 0 Å². The van der Waals surface area contributed by atoms with Crippen LogP contribution in [0.2, 0.25) is 0 Å². The molecule has 1 fully saturated rings. The van der Waals surface area contributed by atoms with Crippen LogP contribution in [0, 0.1) is 0 Å². The van der Waals surface area contributed by atoms with Crippen LogP contribution >= 0.6 is 0 Å². The zero-order chi connectivity index (χ0) is 12.3. The third-order valence-corrected chi connectivity index (χ3v) is 3.07. The van der Waals surface area contributed by atoms with Gasteiger partial charge in [-0.3, -0.25) is 4.90 Å². The summed E-state index contributed by atoms with van der Waals surface area (Å²) in [6.07, 6.45) is -0.309. The molecule has 1 aliphatic heterocycles. The Morgan fingerprint density at radius 3 is 2.65 bits per heavy atom. The number of ether oxygens (including phenoxy) is 1. The fourth-order valence-corrected chi connectivity index (χ4v) is 2.28. The second-order valence-corrected chi connectivity index (χ2v) is 4.64. The molecular formula is C13H19FN2O. The average molecular weight is 238 g/mol. The van der Waals surface area contributed by atoms with Crippen LogP contribution in [0.4, 0.5) is 4.39 Å². The van der Waals surface area contributed by atoms with Gasteiger partial charge in [0.05, 0.1) is 7.11 Å². The van der Waals surface area contributed by atoms with Crippen molar-refractivity contribution in [3.63, 3.8) is 0 Å². The van der Waals surface area contributed by atoms with Crippen LogP contribution in [0.3, 0.4) is 0 Å². The monoisotopic (exact) mass is 238 g/mol. The third-order valence-electron chi connectivity index (χ3n) is 3.07. The lowest BCUT2D eigenvalue weighted by Gasteiger charge is -2.32. The Morgan fingerprint density at radius 1 is 1.35 bits per heavy atom. The van der Waals surface area contributed by atoms with E-state index >= 15 is 0 Å². The molecule has 1 saturated heterocycles. The van der Waals surface area contributed by atoms with Gasteiger partial charge in [-0.15, -0.1) is 0 Å². The van der Waals surface area contributed by atoms with Crippen LogP contribution < -0.4 is 10.5 Å². The molecule has 1 aromatic carbocycles. The van der Waals surface area contributed by atoms with Crippen molar-refractivity contribution >= 4 is 0 Å². The maximum Gasteiger partial charge on any atom is 0.118 e. The van der Waals surface area contributed by atoms with E-state index in [4.69, 9.17) is 10.5 Å². The van der Waals surface area contributed by atoms with Crippen LogP contribution in [0.5, 0.6) is 5.75 Å². The molecule has 0 amide bonds. The molecule has 0 bridgehead atoms. The van der Waals surface area contributed by atoms with Gasteiger partial charge in [0.25, 0.3) is 0 Å². The van der Waals surface area contributed by atoms with E-state index < -0.39 is 6.17 Å². The molecule has 0 unspecified atom stereocenters. The van der Waals surface area contributed by atoms with Crippen molar-refractivity contribution < 1.29 is 9.13 Å². The largest absolute Gasteiger partial charge is 0.497 e. The summed E-state index contributed by atoms with van der Waals surface area (Å²) in [4.78, 5) is 2.07. The van der Waals surface area contributed by atoms with E-state index in [2.05, 4.69) is 4.90 Å². The van der Waals surface area contributed by atoms with Crippen molar-refractivity contribution in [2.45, 2.75) is 25.2 Å². The van der Waals surface area contributed by atoms with Gasteiger partial charge in [0.2, 0.25) is 0 Å². The van der Waals surface area contributed by atoms with Gasteiger partial charge in [-0.25, -0.2) is 4.39 Å². The van der Waals surface area contributed by atoms with E-state index in [-0.39, 0.29) is 6.04 Å². The van der Waals surface area contributed by atoms with Gasteiger partial charge in [0.15, 0.2) is 0 Å². The fourth-order valence-electron chi connectivity index (χ4n) is 2.28. The van der Waals surface area contributed by atoms with Crippen molar-refractivity contribution in [1.29, 1.82) is 0 Å². The summed E-state index contributed by atoms with van der Waals surface area (Å²) in [5, 5.41) is 0. The van der Waals surface area contributed by atoms with E-state index in [9.17, 15) is 4.39 Å². The first-order valence-electron chi connectivity index (χ1n) is 5.92. The lowest BCUT2D eigenvalue weighted by Crippen LogP contribution is -2.47. The zero-order valence-electron chi connectivity index (χ0n) is 10.1. The molecule has 1 aliphatic rings. The molecule has 0 spiro atoms. The highest BCUT2D eigenvalue weighted by Crippen LogP contribution is 2.17. The van der Waals surface area contributed by atoms with Crippen molar-refractivity contribution in [2.24, 2.45) is 5.73 Å². The predicted molar refractivity (Wildman–Crippen MR) is 65.8 cm³/mol. The number of hydrogen-bond donors (Lipinski definition) is 1. The number of methoxy groups -OCH3 is 1. The highest BCUT2D eigenvalue weighted by atomic mass is 19.1. The molecule has 2 atom stereocenters. The maximum absolute atomic E-state index is 13.4. The van der Waals surface area contributed by atoms with Gasteiger partial charge in [-0.2, -0.15) is 0 Å². The van der Waals surface area contributed by atoms with Crippen molar-refractivity contribution in [3.8, 4) is 5.75 Å². The number of nitrogens with zero attached hydrogens (tertiary/aromatic N) is 1. The molecule has 1 heterocycles. The fraction of sp³-hybridized carbons (Fsp3) is 0.538. The summed E-state index contributed by atoms with van der Waals surface area (Å²) in [5.41, 5.74) is 6.97. The van der Waals surface area contributed by atoms with E-state index in [1.807, 2.05) is 24.3 Å². The molecule has 3 nitrogen and oxygen atoms in total. The minimum Gasteiger partial charge on any atom is -0.497 e. The summed E-state index contributed by atoms with van der Waals surface area (Å²) < 4.78 is 18.5. The number of alkyl halides is 1. The lowest BCUT2D eigenvalue weighted by molar-refractivity contribution is 0.118. The van der Waals surface area contributed by atoms with E-state index in [0.717, 1.165) is 24.4 Å². The van der Waals surface area contributed by atoms with Gasteiger partial charge >= 0.3 is 0 Å². The van der Waals surface area contributed by atoms with Gasteiger partial charge in [0, 0.05) is 25.7 Å². The first-order chi connectivity index (χ1) is 8.17. The molecule has 0 radical (unpaired) electrons. The molecule has 0 aliphatic carbocycles. The Balaban J connectivity index is 1.95. The number of benzene rings is 1. The standard InChI is InChI=1S/C13H19FN2O/c1-17-13-4-2-10(3-5-13)7-16-8-11(14)6-12(15)9-16/h2-5,11-12H,6-9,15H2,1H3/t11-,12-/m0/s1. The van der Waals surface area contributed by atoms with Crippen LogP contribution in [-0.4, -0.2) is 37.3 Å². The summed E-state index contributed by atoms with van der Waals surface area (Å²) >= 11 is 0. The molecular weight excluding hydrogens is 219 g/mol. The van der Waals surface area contributed by atoms with E-state index in [1.54, 1.807) is 7.11 Å². The van der Waals surface area contributed by atoms with Gasteiger partial charge in [-0.1, -0.05) is 12.1 Å². The number of halogens is 1. The summed E-state index contributed by atoms with van der Waals surface area (Å²) in [6.45, 7) is 2.00. The number of piperidine rings is 1. The topological polar surface area (TPSA) is 38.5 Å². The second kappa shape index (κ2) is 5.47. The predicted octanol–water partition coefficient (Wildman–Crippen LogP) is 1.57. The highest BCUT2D eigenvalue weighted by molar-refractivity contribution is 5.27. The Kier molecular flexibility index (Phi) is 3.97. The molecule has 17 heavy (non-hydrogen) atoms. The quantitative estimate of drug-likeness (QED) is 0.868. The van der Waals surface area contributed by atoms with Gasteiger partial charge in [0.1, 0.15) is 11.9 Å². The molecule has 2 N–H and O–H groups in total. The third kappa shape index (κ3) is 3.41. The number of nitrogens with two attached hydrogens (primary N) is 1. The number of rotatable bonds is 3. The SMILES string of the molecule is COc1ccc(CN2C[C@@H](N)C[C@H](F)C2)cc1. The van der Waals surface area contributed by atoms with Crippen molar-refractivity contribution in [3.05, 3.63) is 29.8 Å². The van der Waals surface area contributed by atoms with Crippen LogP contribution in [0.25, 0.3) is 0 Å². The summed E-state index contributed by atoms with van der Waals surface area (Å²) in [7, 11) is 1.65. The van der Waals surface area contributed by atoms with Gasteiger partial charge < -0.3 is 10.5 Å². The van der Waals surface area contributed by atoms with Gasteiger partial charge in [-0.05, 0) is 24.1 Å². The maximum atomic E-state index is 13.4. The van der Waals surface area contributed by atoms with Crippen LogP contribution in [-0.2, 0) is 6.54 Å². The Labute approximate surface area is 101 Å². The molecule has 4 heteroatoms. The molecule has 1 aromatic rings. The number of likely N-dealkylation sites (tertiary alicyclic amines) is 1. The Morgan fingerprint density at radius 2 is 2.06 bits per heavy atom. The number of hydrogen-bond acceptors (Lipinski definition) is 3. The summed E-state index contributed by atoms with van der Waals surface area (Å²) in [6, 6.07) is 7.81. The first-order valence-corrected chi connectivity index (χ1v) is 5.92. The second-order valence-electron chi connectivity index (χ2n) is 4.64. The molecule has 0 saturated carbocycles. The highest BCUT2D eigenvalue weighted by Gasteiger charge is 2.24. The van der Waals surface area contributed by atoms with Crippen molar-refractivity contribution in [2.75, 3.05) is 20.2 Å². The zero-order valence-corrected chi connectivity index (χ0v) is 10.1. The van der Waals surface area contributed by atoms with Crippen LogP contribution in [0.1, 0.15) is 12.0 Å². The minimum atomic E-state index is -0.794. The van der Waals surface area contributed by atoms with E-state index in [0.29, 0.717) is 13.0 Å². The smallest absolute Gasteiger partial charge is 0.118 e. The normalized spacial score (nSPS) is 25.8. The Hall–Kier alpha value is -1.13. The Bertz CT molecular complexity index is 345. The lowest BCUT2D eigenvalue weighted by atomic mass is 10.0. The van der Waals surface area contributed by atoms with Crippen LogP contribution in [0.15, 0.2) is 24.3 Å². The summed E-state index contributed by atoms with van der Waals surface area (Å²) in [5.74, 6) is 0.840. The average Bonchev–Trinajstić information content (AvgIpc) is 2.28. The molecule has 0 aromatic heterocycles. The van der Waals surface area contributed by atoms with Crippen molar-refractivity contribution in [1.82, 2.24) is 4.90 Å². The molecule has 2 rings (SSSR count). The molecule has 94 valence electrons. The minimum absolute atomic E-state index is 0.0444. The first kappa shape index (κ1) is 12.3.